The summed E-state index contributed by atoms with van der Waals surface area (Å²) in [6.45, 7) is -4.73. The number of halogens is 3. The van der Waals surface area contributed by atoms with E-state index < -0.39 is 12.4 Å². The van der Waals surface area contributed by atoms with Gasteiger partial charge in [0, 0.05) is 6.54 Å². The normalized spacial score (nSPS) is 11.2. The molecule has 0 N–H and O–H groups in total. The summed E-state index contributed by atoms with van der Waals surface area (Å²) in [6.07, 6.45) is 0. The SMILES string of the molecule is COc1ccc([B-](F)(F)F)c(CN(C)C)c1.[K+]. The molecule has 0 unspecified atom stereocenters. The molecule has 0 radical (unpaired) electrons. The van der Waals surface area contributed by atoms with E-state index in [1.807, 2.05) is 0 Å². The summed E-state index contributed by atoms with van der Waals surface area (Å²) in [5, 5.41) is 0. The van der Waals surface area contributed by atoms with Crippen molar-refractivity contribution < 1.29 is 69.1 Å². The van der Waals surface area contributed by atoms with Crippen molar-refractivity contribution in [3.63, 3.8) is 0 Å². The molecule has 0 aliphatic rings. The second-order valence-corrected chi connectivity index (χ2v) is 3.88. The van der Waals surface area contributed by atoms with Crippen molar-refractivity contribution in [2.45, 2.75) is 6.54 Å². The summed E-state index contributed by atoms with van der Waals surface area (Å²) in [7, 11) is 4.90. The van der Waals surface area contributed by atoms with Gasteiger partial charge in [-0.25, -0.2) is 0 Å². The maximum Gasteiger partial charge on any atom is 1.00 e. The molecule has 1 rings (SSSR count). The molecule has 0 atom stereocenters. The second kappa shape index (κ2) is 7.16. The molecular formula is C10H14BF3KNO. The standard InChI is InChI=1S/C10H14BF3NO.K/c1-15(2)7-8-6-9(16-3)4-5-10(8)11(12,13)14;/h4-6H,7H2,1-3H3;/q-1;+1. The number of benzene rings is 1. The largest absolute Gasteiger partial charge is 1.00 e. The van der Waals surface area contributed by atoms with Crippen LogP contribution in [-0.2, 0) is 6.54 Å². The van der Waals surface area contributed by atoms with E-state index >= 15 is 0 Å². The van der Waals surface area contributed by atoms with E-state index in [1.54, 1.807) is 19.0 Å². The van der Waals surface area contributed by atoms with Crippen molar-refractivity contribution in [3.05, 3.63) is 23.8 Å². The molecule has 0 bridgehead atoms. The van der Waals surface area contributed by atoms with Gasteiger partial charge in [-0.2, -0.15) is 0 Å². The third-order valence-corrected chi connectivity index (χ3v) is 2.19. The topological polar surface area (TPSA) is 12.5 Å². The first-order chi connectivity index (χ1) is 7.34. The van der Waals surface area contributed by atoms with Crippen molar-refractivity contribution in [1.82, 2.24) is 4.90 Å². The van der Waals surface area contributed by atoms with Gasteiger partial charge in [-0.15, -0.1) is 5.46 Å². The van der Waals surface area contributed by atoms with Crippen LogP contribution < -0.4 is 61.6 Å². The third-order valence-electron chi connectivity index (χ3n) is 2.19. The minimum Gasteiger partial charge on any atom is -0.497 e. The smallest absolute Gasteiger partial charge is 0.497 e. The van der Waals surface area contributed by atoms with Crippen LogP contribution in [0.4, 0.5) is 12.9 Å². The van der Waals surface area contributed by atoms with Crippen molar-refractivity contribution in [1.29, 1.82) is 0 Å². The number of methoxy groups -OCH3 is 1. The average Bonchev–Trinajstić information content (AvgIpc) is 2.14. The van der Waals surface area contributed by atoms with Crippen LogP contribution in [0.25, 0.3) is 0 Å². The van der Waals surface area contributed by atoms with E-state index in [9.17, 15) is 12.9 Å². The fourth-order valence-corrected chi connectivity index (χ4v) is 1.51. The van der Waals surface area contributed by atoms with E-state index in [0.717, 1.165) is 6.07 Å². The van der Waals surface area contributed by atoms with Crippen LogP contribution >= 0.6 is 0 Å². The van der Waals surface area contributed by atoms with E-state index in [0.29, 0.717) is 5.75 Å². The summed E-state index contributed by atoms with van der Waals surface area (Å²) in [6, 6.07) is 3.85. The molecule has 90 valence electrons. The van der Waals surface area contributed by atoms with Gasteiger partial charge in [-0.1, -0.05) is 11.6 Å². The zero-order valence-electron chi connectivity index (χ0n) is 10.5. The molecule has 0 aromatic heterocycles. The predicted octanol–water partition coefficient (Wildman–Crippen LogP) is -1.18. The first-order valence-corrected chi connectivity index (χ1v) is 4.86. The fourth-order valence-electron chi connectivity index (χ4n) is 1.51. The summed E-state index contributed by atoms with van der Waals surface area (Å²) in [4.78, 5) is 1.69. The fraction of sp³-hybridized carbons (Fsp3) is 0.400. The van der Waals surface area contributed by atoms with Crippen LogP contribution in [0.15, 0.2) is 18.2 Å². The van der Waals surface area contributed by atoms with Gasteiger partial charge < -0.3 is 22.6 Å². The molecule has 1 aromatic carbocycles. The van der Waals surface area contributed by atoms with Crippen LogP contribution in [-0.4, -0.2) is 33.1 Å². The summed E-state index contributed by atoms with van der Waals surface area (Å²) in [5.74, 6) is 0.445. The number of rotatable bonds is 4. The zero-order chi connectivity index (χ0) is 12.3. The zero-order valence-corrected chi connectivity index (χ0v) is 13.6. The molecule has 0 saturated carbocycles. The minimum absolute atomic E-state index is 0. The molecule has 2 nitrogen and oxygen atoms in total. The van der Waals surface area contributed by atoms with Gasteiger partial charge in [0.05, 0.1) is 7.11 Å². The summed E-state index contributed by atoms with van der Waals surface area (Å²) < 4.78 is 43.1. The van der Waals surface area contributed by atoms with E-state index in [4.69, 9.17) is 4.74 Å². The maximum absolute atomic E-state index is 12.7. The molecule has 0 spiro atoms. The molecule has 0 amide bonds. The number of nitrogens with zero attached hydrogens (tertiary/aromatic N) is 1. The first-order valence-electron chi connectivity index (χ1n) is 4.86. The first kappa shape index (κ1) is 17.5. The van der Waals surface area contributed by atoms with Crippen LogP contribution in [0.5, 0.6) is 5.75 Å². The van der Waals surface area contributed by atoms with Crippen molar-refractivity contribution >= 4 is 12.4 Å². The molecule has 0 fully saturated rings. The second-order valence-electron chi connectivity index (χ2n) is 3.88. The Morgan fingerprint density at radius 1 is 1.24 bits per heavy atom. The maximum atomic E-state index is 12.7. The summed E-state index contributed by atoms with van der Waals surface area (Å²) in [5.41, 5.74) is -0.300. The van der Waals surface area contributed by atoms with Gasteiger partial charge >= 0.3 is 58.4 Å². The Kier molecular flexibility index (Phi) is 7.36. The van der Waals surface area contributed by atoms with Gasteiger partial charge in [0.15, 0.2) is 0 Å². The average molecular weight is 271 g/mol. The van der Waals surface area contributed by atoms with Crippen LogP contribution in [0.1, 0.15) is 5.56 Å². The summed E-state index contributed by atoms with van der Waals surface area (Å²) >= 11 is 0. The van der Waals surface area contributed by atoms with Gasteiger partial charge in [0.2, 0.25) is 0 Å². The van der Waals surface area contributed by atoms with Crippen molar-refractivity contribution in [2.24, 2.45) is 0 Å². The van der Waals surface area contributed by atoms with Gasteiger partial charge in [-0.3, -0.25) is 0 Å². The molecule has 0 aliphatic carbocycles. The monoisotopic (exact) mass is 271 g/mol. The van der Waals surface area contributed by atoms with E-state index in [2.05, 4.69) is 0 Å². The Bertz CT molecular complexity index is 371. The number of hydrogen-bond acceptors (Lipinski definition) is 2. The Balaban J connectivity index is 0.00000256. The third kappa shape index (κ3) is 5.32. The van der Waals surface area contributed by atoms with Crippen LogP contribution in [0.2, 0.25) is 0 Å². The number of hydrogen-bond donors (Lipinski definition) is 0. The predicted molar refractivity (Wildman–Crippen MR) is 59.1 cm³/mol. The van der Waals surface area contributed by atoms with Crippen LogP contribution in [0, 0.1) is 0 Å². The Morgan fingerprint density at radius 3 is 2.24 bits per heavy atom. The number of ether oxygens (including phenoxy) is 1. The molecule has 0 saturated heterocycles. The molecule has 7 heteroatoms. The van der Waals surface area contributed by atoms with Crippen molar-refractivity contribution in [3.8, 4) is 5.75 Å². The molecular weight excluding hydrogens is 257 g/mol. The van der Waals surface area contributed by atoms with Gasteiger partial charge in [0.1, 0.15) is 5.75 Å². The molecule has 17 heavy (non-hydrogen) atoms. The van der Waals surface area contributed by atoms with Crippen molar-refractivity contribution in [2.75, 3.05) is 21.2 Å². The van der Waals surface area contributed by atoms with E-state index in [-0.39, 0.29) is 63.5 Å². The Morgan fingerprint density at radius 2 is 1.82 bits per heavy atom. The Hall–Kier alpha value is 0.471. The molecule has 0 heterocycles. The minimum atomic E-state index is -4.97. The Labute approximate surface area is 142 Å². The molecule has 0 aliphatic heterocycles. The van der Waals surface area contributed by atoms with Crippen LogP contribution in [0.3, 0.4) is 0 Å². The van der Waals surface area contributed by atoms with Gasteiger partial charge in [-0.05, 0) is 26.2 Å². The van der Waals surface area contributed by atoms with E-state index in [1.165, 1.54) is 19.2 Å². The quantitative estimate of drug-likeness (QED) is 0.639. The van der Waals surface area contributed by atoms with Gasteiger partial charge in [0.25, 0.3) is 0 Å². The molecule has 1 aromatic rings.